The van der Waals surface area contributed by atoms with Crippen molar-refractivity contribution in [3.05, 3.63) is 0 Å². The molecule has 0 radical (unpaired) electrons. The molecular weight excluding hydrogens is 196 g/mol. The fourth-order valence-corrected chi connectivity index (χ4v) is 2.93. The van der Waals surface area contributed by atoms with Crippen LogP contribution in [-0.2, 0) is 0 Å². The maximum Gasteiger partial charge on any atom is 0.0110 e. The molecule has 1 aliphatic rings. The molecule has 0 aromatic rings. The fraction of sp³-hybridized carbons (Fsp3) is 1.00. The van der Waals surface area contributed by atoms with Crippen LogP contribution in [0.3, 0.4) is 0 Å². The summed E-state index contributed by atoms with van der Waals surface area (Å²) in [4.78, 5) is 2.67. The molecule has 1 fully saturated rings. The van der Waals surface area contributed by atoms with Crippen LogP contribution in [0.25, 0.3) is 0 Å². The average molecular weight is 226 g/mol. The lowest BCUT2D eigenvalue weighted by molar-refractivity contribution is 0.0536. The molecule has 0 saturated carbocycles. The van der Waals surface area contributed by atoms with Gasteiger partial charge in [0, 0.05) is 24.7 Å². The maximum atomic E-state index is 6.13. The van der Waals surface area contributed by atoms with E-state index >= 15 is 0 Å². The van der Waals surface area contributed by atoms with Gasteiger partial charge in [-0.25, -0.2) is 0 Å². The Morgan fingerprint density at radius 3 is 2.50 bits per heavy atom. The van der Waals surface area contributed by atoms with E-state index in [1.165, 1.54) is 19.4 Å². The Hall–Kier alpha value is -0.0800. The number of nitrogens with zero attached hydrogens (tertiary/aromatic N) is 1. The van der Waals surface area contributed by atoms with Gasteiger partial charge < -0.3 is 5.73 Å². The standard InChI is InChI=1S/C14H30N2/c1-6-10(2)9-11(3)16-8-7-14(15)12(4)13(16)5/h10-14H,6-9,15H2,1-5H3. The average Bonchev–Trinajstić information content (AvgIpc) is 2.25. The predicted molar refractivity (Wildman–Crippen MR) is 71.5 cm³/mol. The molecule has 96 valence electrons. The van der Waals surface area contributed by atoms with E-state index in [-0.39, 0.29) is 0 Å². The molecular formula is C14H30N2. The number of rotatable bonds is 4. The van der Waals surface area contributed by atoms with E-state index in [1.54, 1.807) is 0 Å². The van der Waals surface area contributed by atoms with Crippen LogP contribution in [0.1, 0.15) is 53.9 Å². The van der Waals surface area contributed by atoms with E-state index in [4.69, 9.17) is 5.73 Å². The molecule has 2 heteroatoms. The summed E-state index contributed by atoms with van der Waals surface area (Å²) in [6.07, 6.45) is 3.78. The number of nitrogens with two attached hydrogens (primary N) is 1. The molecule has 0 aromatic carbocycles. The van der Waals surface area contributed by atoms with Gasteiger partial charge in [-0.05, 0) is 38.5 Å². The Balaban J connectivity index is 2.52. The molecule has 1 aliphatic heterocycles. The Morgan fingerprint density at radius 2 is 1.94 bits per heavy atom. The molecule has 0 aliphatic carbocycles. The van der Waals surface area contributed by atoms with Gasteiger partial charge in [0.15, 0.2) is 0 Å². The lowest BCUT2D eigenvalue weighted by atomic mass is 9.85. The van der Waals surface area contributed by atoms with Gasteiger partial charge in [0.1, 0.15) is 0 Å². The third-order valence-electron chi connectivity index (χ3n) is 4.69. The molecule has 1 saturated heterocycles. The van der Waals surface area contributed by atoms with Gasteiger partial charge in [0.05, 0.1) is 0 Å². The second-order valence-corrected chi connectivity index (χ2v) is 5.89. The van der Waals surface area contributed by atoms with Crippen molar-refractivity contribution in [3.8, 4) is 0 Å². The fourth-order valence-electron chi connectivity index (χ4n) is 2.93. The second-order valence-electron chi connectivity index (χ2n) is 5.89. The molecule has 1 rings (SSSR count). The summed E-state index contributed by atoms with van der Waals surface area (Å²) in [5.41, 5.74) is 6.13. The molecule has 2 nitrogen and oxygen atoms in total. The Labute approximate surface area is 102 Å². The number of likely N-dealkylation sites (tertiary alicyclic amines) is 1. The third-order valence-corrected chi connectivity index (χ3v) is 4.69. The summed E-state index contributed by atoms with van der Waals surface area (Å²) in [7, 11) is 0. The van der Waals surface area contributed by atoms with Gasteiger partial charge in [-0.3, -0.25) is 4.90 Å². The zero-order valence-electron chi connectivity index (χ0n) is 11.7. The molecule has 0 spiro atoms. The largest absolute Gasteiger partial charge is 0.327 e. The van der Waals surface area contributed by atoms with Crippen LogP contribution < -0.4 is 5.73 Å². The molecule has 5 unspecified atom stereocenters. The van der Waals surface area contributed by atoms with Crippen molar-refractivity contribution >= 4 is 0 Å². The van der Waals surface area contributed by atoms with E-state index in [0.29, 0.717) is 24.0 Å². The Bertz CT molecular complexity index is 205. The second kappa shape index (κ2) is 6.02. The highest BCUT2D eigenvalue weighted by Gasteiger charge is 2.32. The van der Waals surface area contributed by atoms with E-state index in [9.17, 15) is 0 Å². The number of piperidine rings is 1. The van der Waals surface area contributed by atoms with Crippen molar-refractivity contribution < 1.29 is 0 Å². The zero-order chi connectivity index (χ0) is 12.3. The first-order valence-electron chi connectivity index (χ1n) is 6.98. The van der Waals surface area contributed by atoms with E-state index in [0.717, 1.165) is 12.3 Å². The first-order chi connectivity index (χ1) is 7.47. The van der Waals surface area contributed by atoms with Crippen molar-refractivity contribution in [2.75, 3.05) is 6.54 Å². The van der Waals surface area contributed by atoms with E-state index < -0.39 is 0 Å². The predicted octanol–water partition coefficient (Wildman–Crippen LogP) is 2.87. The monoisotopic (exact) mass is 226 g/mol. The highest BCUT2D eigenvalue weighted by atomic mass is 15.2. The minimum atomic E-state index is 0.405. The van der Waals surface area contributed by atoms with Crippen molar-refractivity contribution in [2.24, 2.45) is 17.6 Å². The summed E-state index contributed by atoms with van der Waals surface area (Å²) in [5.74, 6) is 1.47. The molecule has 16 heavy (non-hydrogen) atoms. The smallest absolute Gasteiger partial charge is 0.0110 e. The zero-order valence-corrected chi connectivity index (χ0v) is 11.7. The normalized spacial score (nSPS) is 36.0. The molecule has 1 heterocycles. The van der Waals surface area contributed by atoms with Crippen molar-refractivity contribution in [3.63, 3.8) is 0 Å². The van der Waals surface area contributed by atoms with Crippen LogP contribution >= 0.6 is 0 Å². The van der Waals surface area contributed by atoms with Gasteiger partial charge in [-0.2, -0.15) is 0 Å². The van der Waals surface area contributed by atoms with Gasteiger partial charge in [-0.1, -0.05) is 27.2 Å². The van der Waals surface area contributed by atoms with Crippen molar-refractivity contribution in [1.82, 2.24) is 4.90 Å². The molecule has 0 bridgehead atoms. The third kappa shape index (κ3) is 3.21. The lowest BCUT2D eigenvalue weighted by Crippen LogP contribution is -2.54. The minimum absolute atomic E-state index is 0.405. The summed E-state index contributed by atoms with van der Waals surface area (Å²) < 4.78 is 0. The Kier molecular flexibility index (Phi) is 5.26. The van der Waals surface area contributed by atoms with Gasteiger partial charge >= 0.3 is 0 Å². The first-order valence-corrected chi connectivity index (χ1v) is 6.98. The van der Waals surface area contributed by atoms with E-state index in [1.807, 2.05) is 0 Å². The van der Waals surface area contributed by atoms with Gasteiger partial charge in [0.25, 0.3) is 0 Å². The molecule has 0 amide bonds. The van der Waals surface area contributed by atoms with Crippen LogP contribution in [0.4, 0.5) is 0 Å². The maximum absolute atomic E-state index is 6.13. The highest BCUT2D eigenvalue weighted by Crippen LogP contribution is 2.26. The van der Waals surface area contributed by atoms with Crippen LogP contribution in [-0.4, -0.2) is 29.6 Å². The minimum Gasteiger partial charge on any atom is -0.327 e. The first kappa shape index (κ1) is 14.0. The Morgan fingerprint density at radius 1 is 1.31 bits per heavy atom. The molecule has 2 N–H and O–H groups in total. The van der Waals surface area contributed by atoms with Crippen LogP contribution in [0.5, 0.6) is 0 Å². The summed E-state index contributed by atoms with van der Waals surface area (Å²) >= 11 is 0. The molecule has 0 aromatic heterocycles. The molecule has 5 atom stereocenters. The van der Waals surface area contributed by atoms with Crippen molar-refractivity contribution in [2.45, 2.75) is 72.0 Å². The number of hydrogen-bond donors (Lipinski definition) is 1. The van der Waals surface area contributed by atoms with Crippen molar-refractivity contribution in [1.29, 1.82) is 0 Å². The number of hydrogen-bond acceptors (Lipinski definition) is 2. The highest BCUT2D eigenvalue weighted by molar-refractivity contribution is 4.89. The lowest BCUT2D eigenvalue weighted by Gasteiger charge is -2.45. The quantitative estimate of drug-likeness (QED) is 0.798. The summed E-state index contributed by atoms with van der Waals surface area (Å²) in [5, 5.41) is 0. The van der Waals surface area contributed by atoms with Gasteiger partial charge in [0.2, 0.25) is 0 Å². The van der Waals surface area contributed by atoms with Gasteiger partial charge in [-0.15, -0.1) is 0 Å². The SMILES string of the molecule is CCC(C)CC(C)N1CCC(N)C(C)C1C. The van der Waals surface area contributed by atoms with E-state index in [2.05, 4.69) is 39.5 Å². The topological polar surface area (TPSA) is 29.3 Å². The van der Waals surface area contributed by atoms with Crippen LogP contribution in [0.15, 0.2) is 0 Å². The summed E-state index contributed by atoms with van der Waals surface area (Å²) in [6.45, 7) is 12.9. The van der Waals surface area contributed by atoms with Crippen LogP contribution in [0, 0.1) is 11.8 Å². The van der Waals surface area contributed by atoms with Crippen LogP contribution in [0.2, 0.25) is 0 Å². The summed E-state index contributed by atoms with van der Waals surface area (Å²) in [6, 6.07) is 1.75.